The molecular formula is C21H27N7O3. The van der Waals surface area contributed by atoms with Crippen LogP contribution in [0.5, 0.6) is 12.0 Å². The number of benzene rings is 1. The third-order valence-electron chi connectivity index (χ3n) is 5.69. The van der Waals surface area contributed by atoms with Gasteiger partial charge in [-0.1, -0.05) is 0 Å². The molecule has 1 N–H and O–H groups in total. The van der Waals surface area contributed by atoms with E-state index in [1.807, 2.05) is 36.4 Å². The normalized spacial score (nSPS) is 18.8. The number of aryl methyl sites for hydroxylation is 1. The van der Waals surface area contributed by atoms with Crippen LogP contribution in [0.25, 0.3) is 11.0 Å². The minimum atomic E-state index is -0.608. The van der Waals surface area contributed by atoms with Gasteiger partial charge in [-0.25, -0.2) is 4.98 Å². The van der Waals surface area contributed by atoms with Gasteiger partial charge < -0.3 is 24.3 Å². The van der Waals surface area contributed by atoms with E-state index in [2.05, 4.69) is 36.7 Å². The van der Waals surface area contributed by atoms with Crippen LogP contribution in [0.3, 0.4) is 0 Å². The van der Waals surface area contributed by atoms with E-state index in [1.165, 1.54) is 14.2 Å². The van der Waals surface area contributed by atoms with Crippen molar-refractivity contribution in [3.63, 3.8) is 0 Å². The molecular weight excluding hydrogens is 398 g/mol. The molecule has 2 aromatic heterocycles. The summed E-state index contributed by atoms with van der Waals surface area (Å²) in [6.07, 6.45) is 3.41. The fourth-order valence-electron chi connectivity index (χ4n) is 3.92. The van der Waals surface area contributed by atoms with Gasteiger partial charge in [0.2, 0.25) is 11.9 Å². The third kappa shape index (κ3) is 4.10. The number of carbonyl (C=O) groups excluding carboxylic acids is 1. The first-order chi connectivity index (χ1) is 15.0. The van der Waals surface area contributed by atoms with Crippen molar-refractivity contribution in [2.75, 3.05) is 37.5 Å². The van der Waals surface area contributed by atoms with E-state index in [0.29, 0.717) is 12.5 Å². The number of aromatic nitrogens is 5. The highest BCUT2D eigenvalue weighted by Crippen LogP contribution is 2.33. The van der Waals surface area contributed by atoms with Gasteiger partial charge in [-0.15, -0.1) is 4.98 Å². The molecule has 1 amide bonds. The van der Waals surface area contributed by atoms with Crippen molar-refractivity contribution in [3.05, 3.63) is 24.5 Å². The number of hydrogen-bond donors (Lipinski definition) is 1. The number of imidazole rings is 1. The van der Waals surface area contributed by atoms with Gasteiger partial charge in [-0.3, -0.25) is 4.79 Å². The lowest BCUT2D eigenvalue weighted by atomic mass is 9.81. The van der Waals surface area contributed by atoms with Gasteiger partial charge in [0.05, 0.1) is 37.0 Å². The Kier molecular flexibility index (Phi) is 5.62. The molecule has 1 saturated heterocycles. The molecule has 31 heavy (non-hydrogen) atoms. The molecule has 1 aliphatic rings. The second-order valence-electron chi connectivity index (χ2n) is 7.88. The molecule has 1 unspecified atom stereocenters. The molecule has 0 aliphatic carbocycles. The van der Waals surface area contributed by atoms with Crippen LogP contribution in [-0.2, 0) is 11.3 Å². The van der Waals surface area contributed by atoms with Gasteiger partial charge in [0, 0.05) is 25.3 Å². The van der Waals surface area contributed by atoms with Crippen LogP contribution in [-0.4, -0.2) is 57.7 Å². The van der Waals surface area contributed by atoms with E-state index in [-0.39, 0.29) is 17.9 Å². The minimum absolute atomic E-state index is 0.0422. The molecule has 1 fully saturated rings. The summed E-state index contributed by atoms with van der Waals surface area (Å²) < 4.78 is 12.4. The summed E-state index contributed by atoms with van der Waals surface area (Å²) in [4.78, 5) is 32.4. The van der Waals surface area contributed by atoms with Crippen molar-refractivity contribution in [2.45, 2.75) is 33.2 Å². The van der Waals surface area contributed by atoms with Crippen LogP contribution in [0, 0.1) is 5.41 Å². The number of piperidine rings is 1. The first-order valence-electron chi connectivity index (χ1n) is 10.3. The Hall–Kier alpha value is -3.43. The summed E-state index contributed by atoms with van der Waals surface area (Å²) in [5, 5.41) is 3.07. The van der Waals surface area contributed by atoms with Crippen molar-refractivity contribution < 1.29 is 14.3 Å². The van der Waals surface area contributed by atoms with Crippen LogP contribution in [0.4, 0.5) is 11.6 Å². The SMILES string of the molecule is CCn1cnc2cc(NC(=O)C3(C)CCCN(c4nc(OC)nc(OC)n4)C3)ccc21. The summed E-state index contributed by atoms with van der Waals surface area (Å²) in [5.41, 5.74) is 2.04. The maximum absolute atomic E-state index is 13.2. The average molecular weight is 425 g/mol. The van der Waals surface area contributed by atoms with E-state index in [4.69, 9.17) is 9.47 Å². The minimum Gasteiger partial charge on any atom is -0.467 e. The van der Waals surface area contributed by atoms with Crippen LogP contribution in [0.2, 0.25) is 0 Å². The average Bonchev–Trinajstić information content (AvgIpc) is 3.21. The Balaban J connectivity index is 1.53. The maximum Gasteiger partial charge on any atom is 0.324 e. The molecule has 10 heteroatoms. The van der Waals surface area contributed by atoms with Crippen molar-refractivity contribution >= 4 is 28.6 Å². The van der Waals surface area contributed by atoms with Crippen molar-refractivity contribution in [3.8, 4) is 12.0 Å². The van der Waals surface area contributed by atoms with Crippen molar-refractivity contribution in [1.82, 2.24) is 24.5 Å². The highest BCUT2D eigenvalue weighted by Gasteiger charge is 2.39. The number of hydrogen-bond acceptors (Lipinski definition) is 8. The first-order valence-corrected chi connectivity index (χ1v) is 10.3. The summed E-state index contributed by atoms with van der Waals surface area (Å²) in [7, 11) is 2.99. The number of carbonyl (C=O) groups is 1. The Bertz CT molecular complexity index is 1080. The molecule has 164 valence electrons. The number of ether oxygens (including phenoxy) is 2. The first kappa shape index (κ1) is 20.8. The third-order valence-corrected chi connectivity index (χ3v) is 5.69. The molecule has 1 aromatic carbocycles. The van der Waals surface area contributed by atoms with E-state index in [9.17, 15) is 4.79 Å². The Morgan fingerprint density at radius 1 is 1.19 bits per heavy atom. The summed E-state index contributed by atoms with van der Waals surface area (Å²) >= 11 is 0. The fourth-order valence-corrected chi connectivity index (χ4v) is 3.92. The second kappa shape index (κ2) is 8.37. The van der Waals surface area contributed by atoms with Crippen LogP contribution < -0.4 is 19.7 Å². The number of methoxy groups -OCH3 is 2. The summed E-state index contributed by atoms with van der Waals surface area (Å²) in [5.74, 6) is 0.397. The molecule has 0 spiro atoms. The maximum atomic E-state index is 13.2. The smallest absolute Gasteiger partial charge is 0.324 e. The number of rotatable bonds is 6. The molecule has 1 atom stereocenters. The van der Waals surface area contributed by atoms with E-state index >= 15 is 0 Å². The zero-order valence-electron chi connectivity index (χ0n) is 18.3. The highest BCUT2D eigenvalue weighted by atomic mass is 16.5. The van der Waals surface area contributed by atoms with Gasteiger partial charge in [0.25, 0.3) is 0 Å². The Labute approximate surface area is 180 Å². The number of fused-ring (bicyclic) bond motifs is 1. The van der Waals surface area contributed by atoms with Crippen LogP contribution in [0.15, 0.2) is 24.5 Å². The molecule has 0 radical (unpaired) electrons. The molecule has 3 aromatic rings. The predicted octanol–water partition coefficient (Wildman–Crippen LogP) is 2.50. The largest absolute Gasteiger partial charge is 0.467 e. The Morgan fingerprint density at radius 2 is 1.94 bits per heavy atom. The van der Waals surface area contributed by atoms with Crippen LogP contribution in [0.1, 0.15) is 26.7 Å². The van der Waals surface area contributed by atoms with Gasteiger partial charge in [-0.2, -0.15) is 9.97 Å². The lowest BCUT2D eigenvalue weighted by Crippen LogP contribution is -2.48. The van der Waals surface area contributed by atoms with Crippen LogP contribution >= 0.6 is 0 Å². The molecule has 3 heterocycles. The summed E-state index contributed by atoms with van der Waals surface area (Å²) in [6.45, 7) is 6.10. The number of amides is 1. The number of anilines is 2. The summed E-state index contributed by atoms with van der Waals surface area (Å²) in [6, 6.07) is 6.17. The molecule has 0 saturated carbocycles. The Morgan fingerprint density at radius 3 is 2.61 bits per heavy atom. The fraction of sp³-hybridized carbons (Fsp3) is 0.476. The molecule has 10 nitrogen and oxygen atoms in total. The van der Waals surface area contributed by atoms with Gasteiger partial charge >= 0.3 is 12.0 Å². The van der Waals surface area contributed by atoms with Gasteiger partial charge in [0.1, 0.15) is 0 Å². The lowest BCUT2D eigenvalue weighted by molar-refractivity contribution is -0.125. The quantitative estimate of drug-likeness (QED) is 0.642. The monoisotopic (exact) mass is 425 g/mol. The number of nitrogens with one attached hydrogen (secondary N) is 1. The topological polar surface area (TPSA) is 107 Å². The zero-order chi connectivity index (χ0) is 22.0. The number of nitrogens with zero attached hydrogens (tertiary/aromatic N) is 6. The lowest BCUT2D eigenvalue weighted by Gasteiger charge is -2.39. The highest BCUT2D eigenvalue weighted by molar-refractivity contribution is 5.97. The zero-order valence-corrected chi connectivity index (χ0v) is 18.3. The van der Waals surface area contributed by atoms with Crippen molar-refractivity contribution in [2.24, 2.45) is 5.41 Å². The van der Waals surface area contributed by atoms with E-state index < -0.39 is 5.41 Å². The van der Waals surface area contributed by atoms with Crippen molar-refractivity contribution in [1.29, 1.82) is 0 Å². The standard InChI is InChI=1S/C21H27N7O3/c1-5-27-13-22-15-11-14(7-8-16(15)27)23-17(29)21(2)9-6-10-28(12-21)18-24-19(30-3)26-20(25-18)31-4/h7-8,11,13H,5-6,9-10,12H2,1-4H3,(H,23,29). The molecule has 1 aliphatic heterocycles. The van der Waals surface area contributed by atoms with Gasteiger partial charge in [-0.05, 0) is 44.9 Å². The predicted molar refractivity (Wildman–Crippen MR) is 117 cm³/mol. The van der Waals surface area contributed by atoms with E-state index in [0.717, 1.165) is 42.7 Å². The van der Waals surface area contributed by atoms with Gasteiger partial charge in [0.15, 0.2) is 0 Å². The van der Waals surface area contributed by atoms with E-state index in [1.54, 1.807) is 0 Å². The molecule has 4 rings (SSSR count). The second-order valence-corrected chi connectivity index (χ2v) is 7.88. The molecule has 0 bridgehead atoms.